The summed E-state index contributed by atoms with van der Waals surface area (Å²) < 4.78 is 17.3. The number of carbonyl (C=O) groups is 2. The quantitative estimate of drug-likeness (QED) is 0.0209. The zero-order valence-corrected chi connectivity index (χ0v) is 54.2. The molecule has 10 rings (SSSR count). The first-order valence-corrected chi connectivity index (χ1v) is 33.4. The second-order valence-corrected chi connectivity index (χ2v) is 23.6. The fourth-order valence-electron chi connectivity index (χ4n) is 11.8. The Morgan fingerprint density at radius 3 is 1.14 bits per heavy atom. The summed E-state index contributed by atoms with van der Waals surface area (Å²) in [6.45, 7) is 14.2. The highest BCUT2D eigenvalue weighted by molar-refractivity contribution is 5.82. The van der Waals surface area contributed by atoms with Gasteiger partial charge in [-0.05, 0) is 165 Å². The summed E-state index contributed by atoms with van der Waals surface area (Å²) >= 11 is 0. The highest BCUT2D eigenvalue weighted by Crippen LogP contribution is 2.42. The third-order valence-electron chi connectivity index (χ3n) is 16.8. The lowest BCUT2D eigenvalue weighted by Gasteiger charge is -2.26. The van der Waals surface area contributed by atoms with Crippen molar-refractivity contribution in [1.29, 1.82) is 0 Å². The molecule has 0 aliphatic carbocycles. The summed E-state index contributed by atoms with van der Waals surface area (Å²) in [6.07, 6.45) is 21.8. The maximum atomic E-state index is 12.7. The normalized spacial score (nSPS) is 11.5. The molecule has 0 N–H and O–H groups in total. The first kappa shape index (κ1) is 65.9. The average Bonchev–Trinajstić information content (AvgIpc) is 1.62. The predicted octanol–water partition coefficient (Wildman–Crippen LogP) is 19.1. The molecule has 0 aliphatic heterocycles. The van der Waals surface area contributed by atoms with Crippen LogP contribution in [0.1, 0.15) is 152 Å². The maximum absolute atomic E-state index is 12.7. The van der Waals surface area contributed by atoms with Crippen molar-refractivity contribution in [1.82, 2.24) is 44.3 Å². The van der Waals surface area contributed by atoms with E-state index in [0.29, 0.717) is 48.2 Å². The van der Waals surface area contributed by atoms with Crippen LogP contribution in [-0.4, -0.2) is 62.8 Å². The summed E-state index contributed by atoms with van der Waals surface area (Å²) in [7, 11) is 0. The minimum atomic E-state index is -0.451. The number of carbonyl (C=O) groups excluding carboxylic acids is 2. The summed E-state index contributed by atoms with van der Waals surface area (Å²) in [5, 5.41) is 30.8. The molecular weight excluding hydrogens is 1150 g/mol. The van der Waals surface area contributed by atoms with Crippen LogP contribution < -0.4 is 9.80 Å². The van der Waals surface area contributed by atoms with E-state index in [1.165, 1.54) is 67.4 Å². The second kappa shape index (κ2) is 33.9. The van der Waals surface area contributed by atoms with Crippen molar-refractivity contribution >= 4 is 46.6 Å². The van der Waals surface area contributed by atoms with Crippen molar-refractivity contribution in [3.8, 4) is 40.4 Å². The van der Waals surface area contributed by atoms with E-state index in [1.807, 2.05) is 100 Å². The molecular formula is C78H87N11O4. The molecule has 0 radical (unpaired) electrons. The van der Waals surface area contributed by atoms with Gasteiger partial charge in [-0.1, -0.05) is 201 Å². The molecule has 3 heterocycles. The average molecular weight is 1240 g/mol. The zero-order valence-electron chi connectivity index (χ0n) is 54.2. The molecule has 93 heavy (non-hydrogen) atoms. The highest BCUT2D eigenvalue weighted by Gasteiger charge is 2.32. The van der Waals surface area contributed by atoms with Crippen LogP contribution in [0.3, 0.4) is 0 Å². The van der Waals surface area contributed by atoms with Gasteiger partial charge in [-0.2, -0.15) is 0 Å². The van der Waals surface area contributed by atoms with Gasteiger partial charge >= 0.3 is 11.9 Å². The van der Waals surface area contributed by atoms with Crippen LogP contribution >= 0.6 is 0 Å². The predicted molar refractivity (Wildman–Crippen MR) is 374 cm³/mol. The molecule has 0 spiro atoms. The van der Waals surface area contributed by atoms with Crippen LogP contribution in [0.5, 0.6) is 0 Å². The Morgan fingerprint density at radius 1 is 0.398 bits per heavy atom. The Hall–Kier alpha value is -10.0. The van der Waals surface area contributed by atoms with Crippen LogP contribution in [0, 0.1) is 0 Å². The topological polar surface area (TPSA) is 151 Å². The van der Waals surface area contributed by atoms with Gasteiger partial charge in [0.1, 0.15) is 6.10 Å². The summed E-state index contributed by atoms with van der Waals surface area (Å²) in [5.74, 6) is 1.94. The molecule has 0 amide bonds. The number of benzene rings is 7. The number of ether oxygens (including phenoxy) is 2. The SMILES string of the molecule is C=CC(=O)OCCCCCCc1ccc(N(c2ccc(CCCCCC)cc2)c2nnc(-c3nnc(-c4nnc(N(c5ccc(CCCCCC)cc5)c5ccc(C(CCCCC)OC(=O)C=C)cc5)n4-c4ccccc4)n3-c3ccccc3)n2-c2ccccc2)cc1. The number of rotatable bonds is 36. The van der Waals surface area contributed by atoms with Gasteiger partial charge < -0.3 is 9.47 Å². The number of nitrogens with zero attached hydrogens (tertiary/aromatic N) is 11. The van der Waals surface area contributed by atoms with Crippen LogP contribution in [0.15, 0.2) is 213 Å². The third kappa shape index (κ3) is 16.9. The molecule has 3 aromatic heterocycles. The van der Waals surface area contributed by atoms with Crippen molar-refractivity contribution in [2.45, 2.75) is 149 Å². The first-order valence-electron chi connectivity index (χ1n) is 33.4. The van der Waals surface area contributed by atoms with E-state index in [4.69, 9.17) is 40.1 Å². The summed E-state index contributed by atoms with van der Waals surface area (Å²) in [5.41, 5.74) is 10.6. The van der Waals surface area contributed by atoms with E-state index in [0.717, 1.165) is 122 Å². The summed E-state index contributed by atoms with van der Waals surface area (Å²) in [6, 6.07) is 64.8. The third-order valence-corrected chi connectivity index (χ3v) is 16.8. The van der Waals surface area contributed by atoms with E-state index in [-0.39, 0.29) is 5.97 Å². The number of esters is 2. The van der Waals surface area contributed by atoms with Crippen molar-refractivity contribution in [3.63, 3.8) is 0 Å². The Labute approximate surface area is 548 Å². The molecule has 1 unspecified atom stereocenters. The Bertz CT molecular complexity index is 3940. The smallest absolute Gasteiger partial charge is 0.330 e. The molecule has 1 atom stereocenters. The van der Waals surface area contributed by atoms with Crippen LogP contribution in [-0.2, 0) is 38.3 Å². The van der Waals surface area contributed by atoms with Gasteiger partial charge in [0, 0.05) is 40.6 Å². The molecule has 478 valence electrons. The highest BCUT2D eigenvalue weighted by atomic mass is 16.5. The molecule has 7 aromatic carbocycles. The maximum Gasteiger partial charge on any atom is 0.330 e. The number of para-hydroxylation sites is 3. The number of hydrogen-bond acceptors (Lipinski definition) is 12. The van der Waals surface area contributed by atoms with E-state index in [2.05, 4.69) is 145 Å². The van der Waals surface area contributed by atoms with Crippen molar-refractivity contribution in [2.75, 3.05) is 16.4 Å². The number of hydrogen-bond donors (Lipinski definition) is 0. The largest absolute Gasteiger partial charge is 0.463 e. The fraction of sp³-hybridized carbons (Fsp3) is 0.308. The standard InChI is InChI=1S/C78H87N11O4/c1-6-11-14-22-32-59-42-50-66(51-43-59)85(67-52-46-61(47-53-67)34-24-16-17-31-58-92-71(90)9-4)77-83-81-75(88(77)64-37-27-19-28-38-64)73-79-80-74(87(73)63-35-25-18-26-36-63)76-82-84-78(89(76)65-39-29-20-30-40-65)86(68-54-44-60(45-55-68)33-23-15-12-7-2)69-56-48-62(49-57-69)70(41-21-13-8-3)93-72(91)10-5/h9-10,18-20,25-30,35-40,42-57,70H,4-8,11-17,21-24,31-34,41,58H2,1-3H3. The Morgan fingerprint density at radius 2 is 0.742 bits per heavy atom. The van der Waals surface area contributed by atoms with Crippen LogP contribution in [0.4, 0.5) is 34.6 Å². The molecule has 0 bridgehead atoms. The van der Waals surface area contributed by atoms with Gasteiger partial charge in [0.25, 0.3) is 0 Å². The molecule has 0 saturated heterocycles. The lowest BCUT2D eigenvalue weighted by molar-refractivity contribution is -0.143. The van der Waals surface area contributed by atoms with E-state index in [1.54, 1.807) is 0 Å². The minimum Gasteiger partial charge on any atom is -0.463 e. The lowest BCUT2D eigenvalue weighted by Crippen LogP contribution is -2.17. The van der Waals surface area contributed by atoms with Crippen molar-refractivity contribution < 1.29 is 19.1 Å². The molecule has 15 heteroatoms. The summed E-state index contributed by atoms with van der Waals surface area (Å²) in [4.78, 5) is 28.6. The van der Waals surface area contributed by atoms with Gasteiger partial charge in [-0.3, -0.25) is 23.5 Å². The number of anilines is 6. The van der Waals surface area contributed by atoms with Crippen molar-refractivity contribution in [3.05, 3.63) is 236 Å². The number of aromatic nitrogens is 9. The minimum absolute atomic E-state index is 0.381. The molecule has 10 aromatic rings. The van der Waals surface area contributed by atoms with Crippen molar-refractivity contribution in [2.24, 2.45) is 0 Å². The van der Waals surface area contributed by atoms with Gasteiger partial charge in [0.05, 0.1) is 18.0 Å². The van der Waals surface area contributed by atoms with E-state index < -0.39 is 12.1 Å². The second-order valence-electron chi connectivity index (χ2n) is 23.6. The molecule has 0 saturated carbocycles. The van der Waals surface area contributed by atoms with Gasteiger partial charge in [-0.25, -0.2) is 9.59 Å². The Kier molecular flexibility index (Phi) is 24.0. The Balaban J connectivity index is 1.10. The fourth-order valence-corrected chi connectivity index (χ4v) is 11.8. The van der Waals surface area contributed by atoms with Crippen LogP contribution in [0.2, 0.25) is 0 Å². The lowest BCUT2D eigenvalue weighted by atomic mass is 10.0. The molecule has 15 nitrogen and oxygen atoms in total. The number of unbranched alkanes of at least 4 members (excludes halogenated alkanes) is 11. The van der Waals surface area contributed by atoms with E-state index >= 15 is 0 Å². The van der Waals surface area contributed by atoms with E-state index in [9.17, 15) is 9.59 Å². The van der Waals surface area contributed by atoms with Crippen LogP contribution in [0.25, 0.3) is 40.4 Å². The molecule has 0 aliphatic rings. The van der Waals surface area contributed by atoms with Gasteiger partial charge in [-0.15, -0.1) is 30.6 Å². The number of aryl methyl sites for hydroxylation is 3. The first-order chi connectivity index (χ1) is 45.8. The molecule has 0 fully saturated rings. The van der Waals surface area contributed by atoms with Gasteiger partial charge in [0.15, 0.2) is 0 Å². The monoisotopic (exact) mass is 1240 g/mol. The van der Waals surface area contributed by atoms with Gasteiger partial charge in [0.2, 0.25) is 35.2 Å². The zero-order chi connectivity index (χ0) is 64.6.